The van der Waals surface area contributed by atoms with E-state index >= 15 is 0 Å². The van der Waals surface area contributed by atoms with Gasteiger partial charge in [0, 0.05) is 37.8 Å². The van der Waals surface area contributed by atoms with Gasteiger partial charge in [0.1, 0.15) is 11.6 Å². The van der Waals surface area contributed by atoms with Gasteiger partial charge in [-0.2, -0.15) is 0 Å². The molecule has 1 heterocycles. The quantitative estimate of drug-likeness (QED) is 0.829. The molecule has 0 aromatic heterocycles. The predicted molar refractivity (Wildman–Crippen MR) is 59.2 cm³/mol. The zero-order valence-corrected chi connectivity index (χ0v) is 9.34. The second-order valence-electron chi connectivity index (χ2n) is 4.10. The minimum Gasteiger partial charge on any atom is -0.314 e. The molecule has 1 aromatic rings. The molecule has 0 amide bonds. The lowest BCUT2D eigenvalue weighted by atomic mass is 10.0. The average Bonchev–Trinajstić information content (AvgIpc) is 2.30. The van der Waals surface area contributed by atoms with E-state index in [1.807, 2.05) is 6.92 Å². The molecule has 2 rings (SSSR count). The Labute approximate surface area is 94.3 Å². The van der Waals surface area contributed by atoms with Crippen molar-refractivity contribution in [1.82, 2.24) is 10.2 Å². The molecule has 1 aromatic carbocycles. The molecule has 0 bridgehead atoms. The molecule has 0 saturated carbocycles. The van der Waals surface area contributed by atoms with E-state index in [0.717, 1.165) is 26.2 Å². The second-order valence-corrected chi connectivity index (χ2v) is 4.10. The summed E-state index contributed by atoms with van der Waals surface area (Å²) in [6.07, 6.45) is 0. The number of rotatable bonds is 2. The van der Waals surface area contributed by atoms with Crippen LogP contribution >= 0.6 is 0 Å². The van der Waals surface area contributed by atoms with Crippen molar-refractivity contribution >= 4 is 0 Å². The summed E-state index contributed by atoms with van der Waals surface area (Å²) in [5.74, 6) is -0.905. The van der Waals surface area contributed by atoms with Gasteiger partial charge >= 0.3 is 0 Å². The van der Waals surface area contributed by atoms with Gasteiger partial charge in [-0.1, -0.05) is 6.07 Å². The van der Waals surface area contributed by atoms with Crippen molar-refractivity contribution in [1.29, 1.82) is 0 Å². The fourth-order valence-electron chi connectivity index (χ4n) is 2.16. The Hall–Kier alpha value is -1.00. The number of hydrogen-bond acceptors (Lipinski definition) is 2. The highest BCUT2D eigenvalue weighted by molar-refractivity contribution is 5.23. The van der Waals surface area contributed by atoms with E-state index in [0.29, 0.717) is 0 Å². The molecule has 1 aliphatic rings. The molecule has 0 spiro atoms. The standard InChI is InChI=1S/C12H16F2N2/c1-9(16-7-5-15-6-8-16)12-10(13)3-2-4-11(12)14/h2-4,9,15H,5-8H2,1H3/t9-/m1/s1. The Bertz CT molecular complexity index is 342. The summed E-state index contributed by atoms with van der Waals surface area (Å²) >= 11 is 0. The maximum absolute atomic E-state index is 13.6. The number of piperazine rings is 1. The van der Waals surface area contributed by atoms with Gasteiger partial charge in [0.15, 0.2) is 0 Å². The van der Waals surface area contributed by atoms with Crippen LogP contribution in [-0.4, -0.2) is 31.1 Å². The highest BCUT2D eigenvalue weighted by Crippen LogP contribution is 2.25. The number of halogens is 2. The van der Waals surface area contributed by atoms with Crippen molar-refractivity contribution in [2.24, 2.45) is 0 Å². The second kappa shape index (κ2) is 4.89. The van der Waals surface area contributed by atoms with Gasteiger partial charge in [-0.15, -0.1) is 0 Å². The van der Waals surface area contributed by atoms with E-state index in [1.165, 1.54) is 18.2 Å². The van der Waals surface area contributed by atoms with Gasteiger partial charge < -0.3 is 5.32 Å². The topological polar surface area (TPSA) is 15.3 Å². The van der Waals surface area contributed by atoms with Gasteiger partial charge in [0.2, 0.25) is 0 Å². The van der Waals surface area contributed by atoms with E-state index in [2.05, 4.69) is 10.2 Å². The maximum Gasteiger partial charge on any atom is 0.130 e. The van der Waals surface area contributed by atoms with Gasteiger partial charge in [-0.3, -0.25) is 4.90 Å². The van der Waals surface area contributed by atoms with Gasteiger partial charge in [0.25, 0.3) is 0 Å². The Balaban J connectivity index is 2.22. The Morgan fingerprint density at radius 2 is 1.75 bits per heavy atom. The van der Waals surface area contributed by atoms with Crippen LogP contribution in [0.2, 0.25) is 0 Å². The van der Waals surface area contributed by atoms with Gasteiger partial charge in [0.05, 0.1) is 0 Å². The lowest BCUT2D eigenvalue weighted by Crippen LogP contribution is -2.44. The molecular weight excluding hydrogens is 210 g/mol. The van der Waals surface area contributed by atoms with Crippen molar-refractivity contribution in [2.45, 2.75) is 13.0 Å². The summed E-state index contributed by atoms with van der Waals surface area (Å²) < 4.78 is 27.1. The number of nitrogens with one attached hydrogen (secondary N) is 1. The highest BCUT2D eigenvalue weighted by Gasteiger charge is 2.23. The van der Waals surface area contributed by atoms with Crippen molar-refractivity contribution in [2.75, 3.05) is 26.2 Å². The first-order valence-electron chi connectivity index (χ1n) is 5.59. The van der Waals surface area contributed by atoms with Crippen LogP contribution in [-0.2, 0) is 0 Å². The lowest BCUT2D eigenvalue weighted by molar-refractivity contribution is 0.179. The fraction of sp³-hybridized carbons (Fsp3) is 0.500. The average molecular weight is 226 g/mol. The van der Waals surface area contributed by atoms with E-state index in [4.69, 9.17) is 0 Å². The largest absolute Gasteiger partial charge is 0.314 e. The Morgan fingerprint density at radius 1 is 1.19 bits per heavy atom. The van der Waals surface area contributed by atoms with Crippen LogP contribution in [0.4, 0.5) is 8.78 Å². The summed E-state index contributed by atoms with van der Waals surface area (Å²) in [4.78, 5) is 2.10. The Morgan fingerprint density at radius 3 is 2.31 bits per heavy atom. The first-order chi connectivity index (χ1) is 7.70. The SMILES string of the molecule is C[C@H](c1c(F)cccc1F)N1CCNCC1. The summed E-state index contributed by atoms with van der Waals surface area (Å²) in [7, 11) is 0. The zero-order chi connectivity index (χ0) is 11.5. The smallest absolute Gasteiger partial charge is 0.130 e. The normalized spacial score (nSPS) is 19.7. The van der Waals surface area contributed by atoms with Crippen molar-refractivity contribution < 1.29 is 8.78 Å². The van der Waals surface area contributed by atoms with E-state index in [1.54, 1.807) is 0 Å². The molecule has 0 radical (unpaired) electrons. The van der Waals surface area contributed by atoms with Gasteiger partial charge in [-0.25, -0.2) is 8.78 Å². The predicted octanol–water partition coefficient (Wildman–Crippen LogP) is 1.93. The number of nitrogens with zero attached hydrogens (tertiary/aromatic N) is 1. The molecule has 1 saturated heterocycles. The van der Waals surface area contributed by atoms with E-state index in [9.17, 15) is 8.78 Å². The first kappa shape index (κ1) is 11.5. The van der Waals surface area contributed by atoms with Crippen LogP contribution in [0.25, 0.3) is 0 Å². The van der Waals surface area contributed by atoms with Gasteiger partial charge in [-0.05, 0) is 19.1 Å². The van der Waals surface area contributed by atoms with E-state index < -0.39 is 11.6 Å². The molecular formula is C12H16F2N2. The van der Waals surface area contributed by atoms with Crippen LogP contribution in [0, 0.1) is 11.6 Å². The molecule has 0 aliphatic carbocycles. The molecule has 16 heavy (non-hydrogen) atoms. The third-order valence-electron chi connectivity index (χ3n) is 3.12. The third kappa shape index (κ3) is 2.23. The van der Waals surface area contributed by atoms with Crippen molar-refractivity contribution in [3.05, 3.63) is 35.4 Å². The molecule has 4 heteroatoms. The first-order valence-corrected chi connectivity index (χ1v) is 5.59. The minimum atomic E-state index is -0.453. The molecule has 1 aliphatic heterocycles. The van der Waals surface area contributed by atoms with Crippen LogP contribution in [0.3, 0.4) is 0 Å². The molecule has 0 unspecified atom stereocenters. The molecule has 2 nitrogen and oxygen atoms in total. The summed E-state index contributed by atoms with van der Waals surface area (Å²) in [5, 5.41) is 3.22. The number of benzene rings is 1. The summed E-state index contributed by atoms with van der Waals surface area (Å²) in [6, 6.07) is 3.83. The summed E-state index contributed by atoms with van der Waals surface area (Å²) in [6.45, 7) is 5.26. The number of hydrogen-bond donors (Lipinski definition) is 1. The summed E-state index contributed by atoms with van der Waals surface area (Å²) in [5.41, 5.74) is 0.185. The zero-order valence-electron chi connectivity index (χ0n) is 9.34. The Kier molecular flexibility index (Phi) is 3.51. The molecule has 1 fully saturated rings. The van der Waals surface area contributed by atoms with E-state index in [-0.39, 0.29) is 11.6 Å². The third-order valence-corrected chi connectivity index (χ3v) is 3.12. The van der Waals surface area contributed by atoms with Crippen molar-refractivity contribution in [3.8, 4) is 0 Å². The molecule has 88 valence electrons. The molecule has 1 atom stereocenters. The maximum atomic E-state index is 13.6. The van der Waals surface area contributed by atoms with Crippen molar-refractivity contribution in [3.63, 3.8) is 0 Å². The van der Waals surface area contributed by atoms with Crippen LogP contribution < -0.4 is 5.32 Å². The van der Waals surface area contributed by atoms with Crippen LogP contribution in [0.5, 0.6) is 0 Å². The molecule has 1 N–H and O–H groups in total. The highest BCUT2D eigenvalue weighted by atomic mass is 19.1. The monoisotopic (exact) mass is 226 g/mol. The van der Waals surface area contributed by atoms with Crippen LogP contribution in [0.15, 0.2) is 18.2 Å². The lowest BCUT2D eigenvalue weighted by Gasteiger charge is -2.33. The van der Waals surface area contributed by atoms with Crippen LogP contribution in [0.1, 0.15) is 18.5 Å². The minimum absolute atomic E-state index is 0.185. The fourth-order valence-corrected chi connectivity index (χ4v) is 2.16.